The van der Waals surface area contributed by atoms with Crippen LogP contribution in [0.25, 0.3) is 0 Å². The average molecular weight is 349 g/mol. The van der Waals surface area contributed by atoms with Crippen molar-refractivity contribution in [3.63, 3.8) is 0 Å². The quantitative estimate of drug-likeness (QED) is 0.464. The molecule has 1 aliphatic heterocycles. The number of benzene rings is 1. The van der Waals surface area contributed by atoms with Crippen molar-refractivity contribution >= 4 is 34.9 Å². The van der Waals surface area contributed by atoms with Crippen LogP contribution in [0.15, 0.2) is 30.3 Å². The zero-order valence-electron chi connectivity index (χ0n) is 13.8. The summed E-state index contributed by atoms with van der Waals surface area (Å²) in [5.74, 6) is -0.580. The third kappa shape index (κ3) is 5.19. The van der Waals surface area contributed by atoms with Gasteiger partial charge in [0, 0.05) is 18.8 Å². The summed E-state index contributed by atoms with van der Waals surface area (Å²) in [4.78, 5) is 25.9. The molecule has 2 rings (SSSR count). The smallest absolute Gasteiger partial charge is 0.308 e. The van der Waals surface area contributed by atoms with Gasteiger partial charge in [0.15, 0.2) is 5.11 Å². The Morgan fingerprint density at radius 3 is 2.88 bits per heavy atom. The molecule has 0 unspecified atom stereocenters. The fraction of sp³-hybridized carbons (Fsp3) is 0.471. The van der Waals surface area contributed by atoms with Crippen LogP contribution in [0.3, 0.4) is 0 Å². The number of anilines is 1. The van der Waals surface area contributed by atoms with E-state index in [9.17, 15) is 9.59 Å². The standard InChI is InChI=1S/C17H23N3O3S/c1-2-3-11-23-15(21)12-14-16(22)18-9-10-20(14)17(24)19-13-7-5-4-6-8-13/h4-8,14H,2-3,9-12H2,1H3,(H,18,22)(H,19,24)/t14-/m1/s1. The van der Waals surface area contributed by atoms with E-state index < -0.39 is 6.04 Å². The lowest BCUT2D eigenvalue weighted by Crippen LogP contribution is -2.58. The van der Waals surface area contributed by atoms with Gasteiger partial charge in [0.1, 0.15) is 6.04 Å². The van der Waals surface area contributed by atoms with Crippen LogP contribution in [-0.4, -0.2) is 47.6 Å². The van der Waals surface area contributed by atoms with E-state index in [0.717, 1.165) is 18.5 Å². The number of nitrogens with zero attached hydrogens (tertiary/aromatic N) is 1. The molecule has 1 amide bonds. The third-order valence-corrected chi connectivity index (χ3v) is 4.07. The second kappa shape index (κ2) is 9.22. The lowest BCUT2D eigenvalue weighted by atomic mass is 10.1. The summed E-state index contributed by atoms with van der Waals surface area (Å²) in [7, 11) is 0. The Morgan fingerprint density at radius 2 is 2.17 bits per heavy atom. The van der Waals surface area contributed by atoms with Crippen LogP contribution < -0.4 is 10.6 Å². The number of nitrogens with one attached hydrogen (secondary N) is 2. The Balaban J connectivity index is 1.98. The Kier molecular flexibility index (Phi) is 6.99. The maximum absolute atomic E-state index is 12.2. The first-order valence-corrected chi connectivity index (χ1v) is 8.58. The molecule has 6 nitrogen and oxygen atoms in total. The average Bonchev–Trinajstić information content (AvgIpc) is 2.58. The number of ether oxygens (including phenoxy) is 1. The van der Waals surface area contributed by atoms with E-state index in [2.05, 4.69) is 10.6 Å². The van der Waals surface area contributed by atoms with Gasteiger partial charge in [0.25, 0.3) is 0 Å². The molecule has 0 aromatic heterocycles. The van der Waals surface area contributed by atoms with Gasteiger partial charge in [-0.05, 0) is 30.8 Å². The molecule has 130 valence electrons. The number of piperazine rings is 1. The first-order chi connectivity index (χ1) is 11.6. The van der Waals surface area contributed by atoms with Crippen molar-refractivity contribution < 1.29 is 14.3 Å². The molecule has 1 aliphatic rings. The maximum atomic E-state index is 12.2. The third-order valence-electron chi connectivity index (χ3n) is 3.74. The number of thiocarbonyl (C=S) groups is 1. The number of hydrogen-bond donors (Lipinski definition) is 2. The van der Waals surface area contributed by atoms with Crippen LogP contribution in [0.1, 0.15) is 26.2 Å². The van der Waals surface area contributed by atoms with Crippen LogP contribution in [-0.2, 0) is 14.3 Å². The van der Waals surface area contributed by atoms with Gasteiger partial charge in [0.2, 0.25) is 5.91 Å². The predicted molar refractivity (Wildman–Crippen MR) is 96.7 cm³/mol. The summed E-state index contributed by atoms with van der Waals surface area (Å²) < 4.78 is 5.17. The van der Waals surface area contributed by atoms with Crippen LogP contribution in [0.5, 0.6) is 0 Å². The summed E-state index contributed by atoms with van der Waals surface area (Å²) in [6.07, 6.45) is 1.76. The van der Waals surface area contributed by atoms with E-state index in [1.54, 1.807) is 4.90 Å². The fourth-order valence-corrected chi connectivity index (χ4v) is 2.76. The second-order valence-corrected chi connectivity index (χ2v) is 5.96. The van der Waals surface area contributed by atoms with E-state index in [1.807, 2.05) is 37.3 Å². The Bertz CT molecular complexity index is 580. The van der Waals surface area contributed by atoms with E-state index in [4.69, 9.17) is 17.0 Å². The van der Waals surface area contributed by atoms with Crippen LogP contribution >= 0.6 is 12.2 Å². The van der Waals surface area contributed by atoms with Crippen molar-refractivity contribution in [3.8, 4) is 0 Å². The number of carbonyl (C=O) groups is 2. The molecule has 0 aliphatic carbocycles. The molecule has 1 fully saturated rings. The molecule has 2 N–H and O–H groups in total. The summed E-state index contributed by atoms with van der Waals surface area (Å²) in [6.45, 7) is 3.46. The zero-order valence-corrected chi connectivity index (χ0v) is 14.6. The van der Waals surface area contributed by atoms with E-state index in [0.29, 0.717) is 24.8 Å². The molecule has 1 heterocycles. The summed E-state index contributed by atoms with van der Waals surface area (Å²) in [5, 5.41) is 6.32. The van der Waals surface area contributed by atoms with Gasteiger partial charge in [-0.1, -0.05) is 31.5 Å². The van der Waals surface area contributed by atoms with Gasteiger partial charge in [-0.25, -0.2) is 0 Å². The second-order valence-electron chi connectivity index (χ2n) is 5.57. The Labute approximate surface area is 147 Å². The number of hydrogen-bond acceptors (Lipinski definition) is 4. The highest BCUT2D eigenvalue weighted by atomic mass is 32.1. The summed E-state index contributed by atoms with van der Waals surface area (Å²) in [5.41, 5.74) is 0.845. The highest BCUT2D eigenvalue weighted by Gasteiger charge is 2.33. The molecule has 0 bridgehead atoms. The zero-order chi connectivity index (χ0) is 17.4. The van der Waals surface area contributed by atoms with Gasteiger partial charge in [-0.3, -0.25) is 9.59 Å². The van der Waals surface area contributed by atoms with Crippen molar-refractivity contribution in [2.75, 3.05) is 25.0 Å². The first-order valence-electron chi connectivity index (χ1n) is 8.18. The molecule has 7 heteroatoms. The van der Waals surface area contributed by atoms with Crippen molar-refractivity contribution in [1.82, 2.24) is 10.2 Å². The maximum Gasteiger partial charge on any atom is 0.308 e. The van der Waals surface area contributed by atoms with Crippen molar-refractivity contribution in [2.45, 2.75) is 32.2 Å². The largest absolute Gasteiger partial charge is 0.466 e. The van der Waals surface area contributed by atoms with Crippen LogP contribution in [0, 0.1) is 0 Å². The number of carbonyl (C=O) groups excluding carboxylic acids is 2. The van der Waals surface area contributed by atoms with E-state index in [-0.39, 0.29) is 18.3 Å². The molecule has 24 heavy (non-hydrogen) atoms. The minimum absolute atomic E-state index is 0.00778. The molecule has 0 saturated carbocycles. The predicted octanol–water partition coefficient (Wildman–Crippen LogP) is 1.92. The molecular formula is C17H23N3O3S. The molecule has 1 aromatic rings. The number of unbranched alkanes of at least 4 members (excludes halogenated alkanes) is 1. The Hall–Kier alpha value is -2.15. The highest BCUT2D eigenvalue weighted by Crippen LogP contribution is 2.14. The van der Waals surface area contributed by atoms with Crippen molar-refractivity contribution in [1.29, 1.82) is 0 Å². The Morgan fingerprint density at radius 1 is 1.42 bits per heavy atom. The van der Waals surface area contributed by atoms with Gasteiger partial charge in [-0.15, -0.1) is 0 Å². The molecule has 0 radical (unpaired) electrons. The van der Waals surface area contributed by atoms with E-state index in [1.165, 1.54) is 0 Å². The monoisotopic (exact) mass is 349 g/mol. The van der Waals surface area contributed by atoms with Crippen LogP contribution in [0.4, 0.5) is 5.69 Å². The molecular weight excluding hydrogens is 326 g/mol. The highest BCUT2D eigenvalue weighted by molar-refractivity contribution is 7.80. The lowest BCUT2D eigenvalue weighted by Gasteiger charge is -2.36. The summed E-state index contributed by atoms with van der Waals surface area (Å²) >= 11 is 5.43. The molecule has 1 atom stereocenters. The van der Waals surface area contributed by atoms with Gasteiger partial charge >= 0.3 is 5.97 Å². The number of esters is 1. The normalized spacial score (nSPS) is 17.1. The molecule has 1 aromatic carbocycles. The lowest BCUT2D eigenvalue weighted by molar-refractivity contribution is -0.147. The number of amides is 1. The first kappa shape index (κ1) is 18.2. The van der Waals surface area contributed by atoms with Crippen LogP contribution in [0.2, 0.25) is 0 Å². The van der Waals surface area contributed by atoms with Gasteiger partial charge < -0.3 is 20.3 Å². The molecule has 1 saturated heterocycles. The fourth-order valence-electron chi connectivity index (χ4n) is 2.42. The van der Waals surface area contributed by atoms with Gasteiger partial charge in [0.05, 0.1) is 13.0 Å². The minimum Gasteiger partial charge on any atom is -0.466 e. The van der Waals surface area contributed by atoms with Crippen molar-refractivity contribution in [3.05, 3.63) is 30.3 Å². The van der Waals surface area contributed by atoms with Gasteiger partial charge in [-0.2, -0.15) is 0 Å². The molecule has 0 spiro atoms. The van der Waals surface area contributed by atoms with E-state index >= 15 is 0 Å². The number of rotatable bonds is 6. The minimum atomic E-state index is -0.642. The summed E-state index contributed by atoms with van der Waals surface area (Å²) in [6, 6.07) is 8.86. The SMILES string of the molecule is CCCCOC(=O)C[C@@H]1C(=O)NCCN1C(=S)Nc1ccccc1. The number of para-hydroxylation sites is 1. The topological polar surface area (TPSA) is 70.7 Å². The van der Waals surface area contributed by atoms with Crippen molar-refractivity contribution in [2.24, 2.45) is 0 Å².